The van der Waals surface area contributed by atoms with E-state index in [1.165, 1.54) is 28.7 Å². The van der Waals surface area contributed by atoms with Crippen molar-refractivity contribution < 1.29 is 9.53 Å². The van der Waals surface area contributed by atoms with Crippen LogP contribution < -0.4 is 9.64 Å². The lowest BCUT2D eigenvalue weighted by atomic mass is 9.96. The summed E-state index contributed by atoms with van der Waals surface area (Å²) in [5.74, 6) is 2.56. The SMILES string of the molecule is O=C(COc1ccccc1)N1CCN(c2nc(-c3ccccc3)nc3sc4c(c23)CCCC4)CC1. The Labute approximate surface area is 209 Å². The highest BCUT2D eigenvalue weighted by atomic mass is 32.1. The van der Waals surface area contributed by atoms with E-state index >= 15 is 0 Å². The largest absolute Gasteiger partial charge is 0.484 e. The maximum absolute atomic E-state index is 12.8. The van der Waals surface area contributed by atoms with Gasteiger partial charge in [-0.2, -0.15) is 0 Å². The van der Waals surface area contributed by atoms with Crippen LogP contribution in [0.15, 0.2) is 60.7 Å². The van der Waals surface area contributed by atoms with E-state index < -0.39 is 0 Å². The number of ether oxygens (including phenoxy) is 1. The number of para-hydroxylation sites is 1. The molecule has 178 valence electrons. The zero-order valence-corrected chi connectivity index (χ0v) is 20.5. The van der Waals surface area contributed by atoms with Crippen molar-refractivity contribution >= 4 is 33.3 Å². The molecule has 35 heavy (non-hydrogen) atoms. The molecule has 0 spiro atoms. The zero-order valence-electron chi connectivity index (χ0n) is 19.7. The molecule has 1 fully saturated rings. The predicted molar refractivity (Wildman–Crippen MR) is 140 cm³/mol. The normalized spacial score (nSPS) is 15.8. The number of fused-ring (bicyclic) bond motifs is 3. The van der Waals surface area contributed by atoms with Crippen molar-refractivity contribution in [1.82, 2.24) is 14.9 Å². The molecule has 0 bridgehead atoms. The van der Waals surface area contributed by atoms with Crippen LogP contribution in [0.2, 0.25) is 0 Å². The monoisotopic (exact) mass is 484 g/mol. The summed E-state index contributed by atoms with van der Waals surface area (Å²) in [4.78, 5) is 29.7. The number of hydrogen-bond acceptors (Lipinski definition) is 6. The van der Waals surface area contributed by atoms with Crippen molar-refractivity contribution in [2.45, 2.75) is 25.7 Å². The lowest BCUT2D eigenvalue weighted by molar-refractivity contribution is -0.133. The van der Waals surface area contributed by atoms with E-state index in [9.17, 15) is 4.79 Å². The maximum Gasteiger partial charge on any atom is 0.260 e. The van der Waals surface area contributed by atoms with Crippen molar-refractivity contribution in [3.8, 4) is 17.1 Å². The summed E-state index contributed by atoms with van der Waals surface area (Å²) in [6.07, 6.45) is 4.72. The average molecular weight is 485 g/mol. The Bertz CT molecular complexity index is 1330. The second-order valence-corrected chi connectivity index (χ2v) is 10.2. The van der Waals surface area contributed by atoms with Gasteiger partial charge in [0, 0.05) is 36.6 Å². The summed E-state index contributed by atoms with van der Waals surface area (Å²) in [5.41, 5.74) is 2.48. The molecular weight excluding hydrogens is 456 g/mol. The van der Waals surface area contributed by atoms with E-state index in [1.807, 2.05) is 64.8 Å². The van der Waals surface area contributed by atoms with E-state index in [0.29, 0.717) is 13.1 Å². The van der Waals surface area contributed by atoms with Crippen molar-refractivity contribution in [3.05, 3.63) is 71.1 Å². The minimum absolute atomic E-state index is 0.0271. The first kappa shape index (κ1) is 22.0. The number of carbonyl (C=O) groups is 1. The number of aryl methyl sites for hydroxylation is 2. The maximum atomic E-state index is 12.8. The van der Waals surface area contributed by atoms with Crippen LogP contribution in [-0.4, -0.2) is 53.6 Å². The van der Waals surface area contributed by atoms with Gasteiger partial charge in [0.2, 0.25) is 0 Å². The molecule has 6 nitrogen and oxygen atoms in total. The first-order valence-electron chi connectivity index (χ1n) is 12.3. The first-order valence-corrected chi connectivity index (χ1v) is 13.2. The number of anilines is 1. The van der Waals surface area contributed by atoms with Crippen LogP contribution in [0.5, 0.6) is 5.75 Å². The van der Waals surface area contributed by atoms with Gasteiger partial charge in [0.1, 0.15) is 16.4 Å². The zero-order chi connectivity index (χ0) is 23.6. The fourth-order valence-corrected chi connectivity index (χ4v) is 6.26. The lowest BCUT2D eigenvalue weighted by Crippen LogP contribution is -2.50. The summed E-state index contributed by atoms with van der Waals surface area (Å²) in [6.45, 7) is 2.90. The number of amides is 1. The minimum atomic E-state index is 0.0271. The third-order valence-corrected chi connectivity index (χ3v) is 8.05. The van der Waals surface area contributed by atoms with E-state index in [4.69, 9.17) is 14.7 Å². The van der Waals surface area contributed by atoms with Gasteiger partial charge < -0.3 is 14.5 Å². The Morgan fingerprint density at radius 3 is 2.37 bits per heavy atom. The molecule has 7 heteroatoms. The molecule has 0 N–H and O–H groups in total. The summed E-state index contributed by atoms with van der Waals surface area (Å²) < 4.78 is 5.68. The highest BCUT2D eigenvalue weighted by molar-refractivity contribution is 7.19. The quantitative estimate of drug-likeness (QED) is 0.401. The van der Waals surface area contributed by atoms with Crippen LogP contribution in [-0.2, 0) is 17.6 Å². The third-order valence-electron chi connectivity index (χ3n) is 6.86. The molecular formula is C28H28N4O2S. The molecule has 1 amide bonds. The molecule has 1 aliphatic carbocycles. The molecule has 0 unspecified atom stereocenters. The fraction of sp³-hybridized carbons (Fsp3) is 0.321. The van der Waals surface area contributed by atoms with Gasteiger partial charge in [0.15, 0.2) is 12.4 Å². The summed E-state index contributed by atoms with van der Waals surface area (Å²) in [7, 11) is 0. The Balaban J connectivity index is 1.25. The molecule has 0 saturated carbocycles. The van der Waals surface area contributed by atoms with Crippen molar-refractivity contribution in [3.63, 3.8) is 0 Å². The van der Waals surface area contributed by atoms with Crippen molar-refractivity contribution in [1.29, 1.82) is 0 Å². The second kappa shape index (κ2) is 9.66. The van der Waals surface area contributed by atoms with Gasteiger partial charge in [-0.05, 0) is 43.4 Å². The molecule has 3 heterocycles. The molecule has 2 aromatic heterocycles. The Morgan fingerprint density at radius 2 is 1.60 bits per heavy atom. The summed E-state index contributed by atoms with van der Waals surface area (Å²) in [5, 5.41) is 1.23. The first-order chi connectivity index (χ1) is 17.3. The fourth-order valence-electron chi connectivity index (χ4n) is 5.00. The van der Waals surface area contributed by atoms with Gasteiger partial charge in [-0.25, -0.2) is 9.97 Å². The van der Waals surface area contributed by atoms with Gasteiger partial charge in [0.25, 0.3) is 5.91 Å². The number of carbonyl (C=O) groups excluding carboxylic acids is 1. The van der Waals surface area contributed by atoms with E-state index in [2.05, 4.69) is 17.0 Å². The van der Waals surface area contributed by atoms with Crippen LogP contribution in [0.1, 0.15) is 23.3 Å². The van der Waals surface area contributed by atoms with Gasteiger partial charge >= 0.3 is 0 Å². The molecule has 6 rings (SSSR count). The Hall–Kier alpha value is -3.45. The molecule has 2 aromatic carbocycles. The second-order valence-electron chi connectivity index (χ2n) is 9.10. The van der Waals surface area contributed by atoms with E-state index in [0.717, 1.165) is 53.7 Å². The number of rotatable bonds is 5. The topological polar surface area (TPSA) is 58.6 Å². The summed E-state index contributed by atoms with van der Waals surface area (Å²) >= 11 is 1.84. The van der Waals surface area contributed by atoms with Crippen LogP contribution in [0.3, 0.4) is 0 Å². The standard InChI is InChI=1S/C28H28N4O2S/c33-24(19-34-21-11-5-2-6-12-21)31-15-17-32(18-16-31)27-25-22-13-7-8-14-23(22)35-28(25)30-26(29-27)20-9-3-1-4-10-20/h1-6,9-12H,7-8,13-19H2. The molecule has 2 aliphatic rings. The molecule has 0 radical (unpaired) electrons. The number of aromatic nitrogens is 2. The number of hydrogen-bond donors (Lipinski definition) is 0. The van der Waals surface area contributed by atoms with E-state index in [1.54, 1.807) is 0 Å². The van der Waals surface area contributed by atoms with Gasteiger partial charge in [-0.3, -0.25) is 4.79 Å². The third kappa shape index (κ3) is 4.48. The Kier molecular flexibility index (Phi) is 6.08. The van der Waals surface area contributed by atoms with Crippen LogP contribution >= 0.6 is 11.3 Å². The highest BCUT2D eigenvalue weighted by Gasteiger charge is 2.27. The van der Waals surface area contributed by atoms with Crippen LogP contribution in [0, 0.1) is 0 Å². The summed E-state index contributed by atoms with van der Waals surface area (Å²) in [6, 6.07) is 19.7. The van der Waals surface area contributed by atoms with Gasteiger partial charge in [-0.15, -0.1) is 11.3 Å². The lowest BCUT2D eigenvalue weighted by Gasteiger charge is -2.36. The number of benzene rings is 2. The van der Waals surface area contributed by atoms with E-state index in [-0.39, 0.29) is 12.5 Å². The number of thiophene rings is 1. The number of piperazine rings is 1. The minimum Gasteiger partial charge on any atom is -0.484 e. The van der Waals surface area contributed by atoms with Crippen LogP contribution in [0.4, 0.5) is 5.82 Å². The van der Waals surface area contributed by atoms with Crippen LogP contribution in [0.25, 0.3) is 21.6 Å². The van der Waals surface area contributed by atoms with Gasteiger partial charge in [0.05, 0.1) is 5.39 Å². The van der Waals surface area contributed by atoms with Crippen molar-refractivity contribution in [2.24, 2.45) is 0 Å². The predicted octanol–water partition coefficient (Wildman–Crippen LogP) is 4.96. The Morgan fingerprint density at radius 1 is 0.886 bits per heavy atom. The van der Waals surface area contributed by atoms with Crippen molar-refractivity contribution in [2.75, 3.05) is 37.7 Å². The molecule has 1 saturated heterocycles. The highest BCUT2D eigenvalue weighted by Crippen LogP contribution is 2.41. The number of nitrogens with zero attached hydrogens (tertiary/aromatic N) is 4. The molecule has 4 aromatic rings. The smallest absolute Gasteiger partial charge is 0.260 e. The molecule has 0 atom stereocenters. The molecule has 1 aliphatic heterocycles. The average Bonchev–Trinajstić information content (AvgIpc) is 3.31. The van der Waals surface area contributed by atoms with Gasteiger partial charge in [-0.1, -0.05) is 48.5 Å².